The van der Waals surface area contributed by atoms with Crippen LogP contribution in [0.1, 0.15) is 0 Å². The van der Waals surface area contributed by atoms with Crippen LogP contribution in [0.15, 0.2) is 24.3 Å². The van der Waals surface area contributed by atoms with Crippen molar-refractivity contribution in [2.75, 3.05) is 5.48 Å². The van der Waals surface area contributed by atoms with Gasteiger partial charge in [0.1, 0.15) is 11.4 Å². The molecule has 0 aliphatic carbocycles. The maximum Gasteiger partial charge on any atom is 0.112 e. The average Bonchev–Trinajstić information content (AvgIpc) is 2.03. The van der Waals surface area contributed by atoms with Gasteiger partial charge in [0, 0.05) is 5.02 Å². The van der Waals surface area contributed by atoms with E-state index in [1.54, 1.807) is 24.3 Å². The van der Waals surface area contributed by atoms with Gasteiger partial charge in [-0.3, -0.25) is 5.48 Å². The Hall–Kier alpha value is -0.620. The quantitative estimate of drug-likeness (QED) is 0.601. The largest absolute Gasteiger partial charge is 0.748 e. The molecule has 0 radical (unpaired) electrons. The average molecular weight is 207 g/mol. The summed E-state index contributed by atoms with van der Waals surface area (Å²) in [5.41, 5.74) is 2.72. The number of anilines is 1. The first-order chi connectivity index (χ1) is 5.68. The molecule has 1 unspecified atom stereocenters. The summed E-state index contributed by atoms with van der Waals surface area (Å²) >= 11 is 3.02. The molecule has 0 fully saturated rings. The van der Waals surface area contributed by atoms with Crippen LogP contribution in [0.2, 0.25) is 5.02 Å². The molecule has 1 rings (SSSR count). The number of nitrogens with one attached hydrogen (secondary N) is 1. The lowest BCUT2D eigenvalue weighted by Gasteiger charge is -2.06. The highest BCUT2D eigenvalue weighted by atomic mass is 35.5. The summed E-state index contributed by atoms with van der Waals surface area (Å²) in [6, 6.07) is 6.41. The lowest BCUT2D eigenvalue weighted by molar-refractivity contribution is 0.363. The van der Waals surface area contributed by atoms with E-state index in [0.717, 1.165) is 0 Å². The van der Waals surface area contributed by atoms with Gasteiger partial charge in [-0.15, -0.1) is 0 Å². The minimum Gasteiger partial charge on any atom is -0.748 e. The van der Waals surface area contributed by atoms with Crippen molar-refractivity contribution in [2.45, 2.75) is 0 Å². The molecular weight excluding hydrogens is 202 g/mol. The number of benzene rings is 1. The van der Waals surface area contributed by atoms with Gasteiger partial charge < -0.3 is 4.55 Å². The molecule has 0 aliphatic rings. The molecule has 12 heavy (non-hydrogen) atoms. The Labute approximate surface area is 76.9 Å². The molecule has 0 bridgehead atoms. The lowest BCUT2D eigenvalue weighted by atomic mass is 10.3. The van der Waals surface area contributed by atoms with Crippen LogP contribution < -0.4 is 5.48 Å². The Morgan fingerprint density at radius 2 is 2.00 bits per heavy atom. The van der Waals surface area contributed by atoms with Gasteiger partial charge in [-0.1, -0.05) is 11.6 Å². The molecule has 0 amide bonds. The van der Waals surface area contributed by atoms with Gasteiger partial charge in [-0.25, -0.2) is 4.21 Å². The molecule has 0 spiro atoms. The first-order valence-electron chi connectivity index (χ1n) is 2.96. The molecule has 0 saturated heterocycles. The van der Waals surface area contributed by atoms with Crippen molar-refractivity contribution in [2.24, 2.45) is 0 Å². The second kappa shape index (κ2) is 4.42. The summed E-state index contributed by atoms with van der Waals surface area (Å²) < 4.78 is 23.9. The van der Waals surface area contributed by atoms with Crippen LogP contribution in [0.5, 0.6) is 0 Å². The fourth-order valence-corrected chi connectivity index (χ4v) is 0.890. The monoisotopic (exact) mass is 206 g/mol. The van der Waals surface area contributed by atoms with Crippen LogP contribution >= 0.6 is 11.6 Å². The molecule has 0 aromatic heterocycles. The number of hydrogen-bond acceptors (Lipinski definition) is 4. The predicted molar refractivity (Wildman–Crippen MR) is 45.1 cm³/mol. The highest BCUT2D eigenvalue weighted by Gasteiger charge is 1.90. The Morgan fingerprint density at radius 1 is 1.42 bits per heavy atom. The smallest absolute Gasteiger partial charge is 0.112 e. The summed E-state index contributed by atoms with van der Waals surface area (Å²) in [5.74, 6) is 0. The zero-order valence-electron chi connectivity index (χ0n) is 5.82. The highest BCUT2D eigenvalue weighted by Crippen LogP contribution is 2.13. The molecular formula is C6H5ClNO3S-. The van der Waals surface area contributed by atoms with Crippen molar-refractivity contribution in [1.29, 1.82) is 0 Å². The van der Waals surface area contributed by atoms with E-state index in [1.807, 2.05) is 0 Å². The van der Waals surface area contributed by atoms with Gasteiger partial charge in [-0.2, -0.15) is 4.28 Å². The van der Waals surface area contributed by atoms with E-state index >= 15 is 0 Å². The van der Waals surface area contributed by atoms with E-state index in [2.05, 4.69) is 9.76 Å². The fourth-order valence-electron chi connectivity index (χ4n) is 0.600. The summed E-state index contributed by atoms with van der Waals surface area (Å²) in [6.45, 7) is 0. The summed E-state index contributed by atoms with van der Waals surface area (Å²) in [5, 5.41) is 0.573. The first-order valence-corrected chi connectivity index (χ1v) is 4.34. The molecule has 6 heteroatoms. The topological polar surface area (TPSA) is 61.4 Å². The molecule has 0 heterocycles. The van der Waals surface area contributed by atoms with E-state index < -0.39 is 11.4 Å². The second-order valence-corrected chi connectivity index (χ2v) is 2.91. The van der Waals surface area contributed by atoms with E-state index in [-0.39, 0.29) is 0 Å². The Balaban J connectivity index is 2.53. The molecule has 0 saturated carbocycles. The Kier molecular flexibility index (Phi) is 3.48. The van der Waals surface area contributed by atoms with E-state index in [0.29, 0.717) is 10.7 Å². The second-order valence-electron chi connectivity index (χ2n) is 1.90. The van der Waals surface area contributed by atoms with Gasteiger partial charge in [0.15, 0.2) is 0 Å². The van der Waals surface area contributed by atoms with Gasteiger partial charge in [0.2, 0.25) is 0 Å². The van der Waals surface area contributed by atoms with Crippen molar-refractivity contribution in [3.63, 3.8) is 0 Å². The van der Waals surface area contributed by atoms with Crippen molar-refractivity contribution in [3.8, 4) is 0 Å². The molecule has 0 aliphatic heterocycles. The SMILES string of the molecule is O=S([O-])ONc1ccc(Cl)cc1. The highest BCUT2D eigenvalue weighted by molar-refractivity contribution is 7.74. The molecule has 1 N–H and O–H groups in total. The van der Waals surface area contributed by atoms with Crippen LogP contribution in [0, 0.1) is 0 Å². The minimum absolute atomic E-state index is 0.517. The van der Waals surface area contributed by atoms with Gasteiger partial charge in [-0.05, 0) is 24.3 Å². The van der Waals surface area contributed by atoms with E-state index in [4.69, 9.17) is 11.6 Å². The van der Waals surface area contributed by atoms with Crippen LogP contribution in [0.4, 0.5) is 5.69 Å². The number of rotatable bonds is 3. The van der Waals surface area contributed by atoms with Gasteiger partial charge >= 0.3 is 0 Å². The molecule has 1 atom stereocenters. The van der Waals surface area contributed by atoms with Crippen LogP contribution in [0.25, 0.3) is 0 Å². The number of hydrogen-bond donors (Lipinski definition) is 1. The summed E-state index contributed by atoms with van der Waals surface area (Å²) in [7, 11) is 0. The third kappa shape index (κ3) is 3.19. The van der Waals surface area contributed by atoms with Crippen molar-refractivity contribution < 1.29 is 13.0 Å². The van der Waals surface area contributed by atoms with Crippen LogP contribution in [-0.2, 0) is 15.6 Å². The summed E-state index contributed by atoms with van der Waals surface area (Å²) in [6.07, 6.45) is 0. The zero-order chi connectivity index (χ0) is 8.97. The van der Waals surface area contributed by atoms with Crippen LogP contribution in [-0.4, -0.2) is 8.76 Å². The first kappa shape index (κ1) is 9.47. The third-order valence-electron chi connectivity index (χ3n) is 1.07. The Morgan fingerprint density at radius 3 is 2.50 bits per heavy atom. The van der Waals surface area contributed by atoms with E-state index in [1.165, 1.54) is 0 Å². The summed E-state index contributed by atoms with van der Waals surface area (Å²) in [4.78, 5) is 0. The minimum atomic E-state index is -2.57. The van der Waals surface area contributed by atoms with E-state index in [9.17, 15) is 8.76 Å². The third-order valence-corrected chi connectivity index (χ3v) is 1.54. The molecule has 1 aromatic rings. The fraction of sp³-hybridized carbons (Fsp3) is 0. The van der Waals surface area contributed by atoms with Gasteiger partial charge in [0.05, 0.1) is 5.69 Å². The van der Waals surface area contributed by atoms with Crippen LogP contribution in [0.3, 0.4) is 0 Å². The van der Waals surface area contributed by atoms with Crippen molar-refractivity contribution >= 4 is 28.6 Å². The molecule has 4 nitrogen and oxygen atoms in total. The number of halogens is 1. The normalized spacial score (nSPS) is 12.5. The molecule has 66 valence electrons. The lowest BCUT2D eigenvalue weighted by Crippen LogP contribution is -2.03. The molecule has 1 aromatic carbocycles. The van der Waals surface area contributed by atoms with Crippen molar-refractivity contribution in [3.05, 3.63) is 29.3 Å². The Bertz CT molecular complexity index is 277. The maximum absolute atomic E-state index is 9.93. The van der Waals surface area contributed by atoms with Gasteiger partial charge in [0.25, 0.3) is 0 Å². The maximum atomic E-state index is 9.93. The van der Waals surface area contributed by atoms with Crippen molar-refractivity contribution in [1.82, 2.24) is 0 Å². The predicted octanol–water partition coefficient (Wildman–Crippen LogP) is 1.48. The standard InChI is InChI=1S/C6H6ClNO3S/c7-5-1-3-6(4-2-5)8-11-12(9)10/h1-4,8H,(H,9,10)/p-1. The zero-order valence-corrected chi connectivity index (χ0v) is 7.39.